The smallest absolute Gasteiger partial charge is 0.0360 e. The second-order valence-corrected chi connectivity index (χ2v) is 8.04. The van der Waals surface area contributed by atoms with Crippen molar-refractivity contribution in [1.29, 1.82) is 0 Å². The molecule has 2 nitrogen and oxygen atoms in total. The van der Waals surface area contributed by atoms with E-state index in [1.807, 2.05) is 0 Å². The Morgan fingerprint density at radius 2 is 1.80 bits per heavy atom. The van der Waals surface area contributed by atoms with Crippen LogP contribution in [0.1, 0.15) is 71.6 Å². The summed E-state index contributed by atoms with van der Waals surface area (Å²) in [6.45, 7) is 7.10. The van der Waals surface area contributed by atoms with Crippen LogP contribution in [0, 0.1) is 17.8 Å². The molecule has 1 heterocycles. The fourth-order valence-electron chi connectivity index (χ4n) is 5.71. The lowest BCUT2D eigenvalue weighted by Gasteiger charge is -2.58. The molecule has 1 aliphatic heterocycles. The molecule has 2 N–H and O–H groups in total. The third-order valence-corrected chi connectivity index (χ3v) is 6.91. The summed E-state index contributed by atoms with van der Waals surface area (Å²) in [7, 11) is 0. The third kappa shape index (κ3) is 2.43. The molecule has 3 unspecified atom stereocenters. The first-order valence-electron chi connectivity index (χ1n) is 9.14. The fraction of sp³-hybridized carbons (Fsp3) is 1.00. The maximum atomic E-state index is 6.39. The number of rotatable bonds is 2. The van der Waals surface area contributed by atoms with Gasteiger partial charge in [0.25, 0.3) is 0 Å². The molecule has 0 spiro atoms. The zero-order valence-electron chi connectivity index (χ0n) is 13.6. The normalized spacial score (nSPS) is 47.0. The van der Waals surface area contributed by atoms with E-state index in [4.69, 9.17) is 5.73 Å². The minimum absolute atomic E-state index is 0.327. The van der Waals surface area contributed by atoms with Gasteiger partial charge in [-0.1, -0.05) is 26.7 Å². The summed E-state index contributed by atoms with van der Waals surface area (Å²) in [5, 5.41) is 0. The Bertz CT molecular complexity index is 327. The van der Waals surface area contributed by atoms with Crippen LogP contribution in [0.5, 0.6) is 0 Å². The van der Waals surface area contributed by atoms with Crippen LogP contribution in [0.3, 0.4) is 0 Å². The minimum Gasteiger partial charge on any atom is -0.329 e. The van der Waals surface area contributed by atoms with Crippen LogP contribution in [-0.2, 0) is 0 Å². The predicted molar refractivity (Wildman–Crippen MR) is 85.7 cm³/mol. The van der Waals surface area contributed by atoms with Crippen LogP contribution in [-0.4, -0.2) is 29.6 Å². The summed E-state index contributed by atoms with van der Waals surface area (Å²) in [6.07, 6.45) is 12.8. The van der Waals surface area contributed by atoms with Crippen molar-refractivity contribution in [2.45, 2.75) is 83.2 Å². The Labute approximate surface area is 125 Å². The van der Waals surface area contributed by atoms with Crippen LogP contribution in [0.15, 0.2) is 0 Å². The molecule has 3 fully saturated rings. The molecule has 5 atom stereocenters. The SMILES string of the molecule is CC1CCC(CN)(N2CCC[C@H]3CCCC[C@H]32)C(C)C1. The van der Waals surface area contributed by atoms with E-state index >= 15 is 0 Å². The summed E-state index contributed by atoms with van der Waals surface area (Å²) in [5.41, 5.74) is 6.71. The largest absolute Gasteiger partial charge is 0.329 e. The Kier molecular flexibility index (Phi) is 4.42. The first kappa shape index (κ1) is 14.8. The number of likely N-dealkylation sites (tertiary alicyclic amines) is 1. The van der Waals surface area contributed by atoms with Gasteiger partial charge in [-0.05, 0) is 69.2 Å². The Balaban J connectivity index is 1.83. The maximum Gasteiger partial charge on any atom is 0.0360 e. The lowest BCUT2D eigenvalue weighted by Crippen LogP contribution is -2.65. The molecule has 0 aromatic heterocycles. The van der Waals surface area contributed by atoms with Crippen molar-refractivity contribution in [3.05, 3.63) is 0 Å². The standard InChI is InChI=1S/C18H34N2/c1-14-9-10-18(13-19,15(2)12-14)20-11-5-7-16-6-3-4-8-17(16)20/h14-17H,3-13,19H2,1-2H3/t14?,15?,16-,17-,18?/m1/s1. The Morgan fingerprint density at radius 3 is 2.55 bits per heavy atom. The van der Waals surface area contributed by atoms with Crippen molar-refractivity contribution in [2.24, 2.45) is 23.5 Å². The van der Waals surface area contributed by atoms with Crippen molar-refractivity contribution in [3.63, 3.8) is 0 Å². The van der Waals surface area contributed by atoms with Crippen LogP contribution < -0.4 is 5.73 Å². The first-order chi connectivity index (χ1) is 9.67. The summed E-state index contributed by atoms with van der Waals surface area (Å²) in [5.74, 6) is 2.65. The number of nitrogens with zero attached hydrogens (tertiary/aromatic N) is 1. The van der Waals surface area contributed by atoms with E-state index in [0.29, 0.717) is 5.54 Å². The molecule has 2 aliphatic carbocycles. The molecule has 116 valence electrons. The fourth-order valence-corrected chi connectivity index (χ4v) is 5.71. The molecule has 2 saturated carbocycles. The third-order valence-electron chi connectivity index (χ3n) is 6.91. The molecule has 20 heavy (non-hydrogen) atoms. The van der Waals surface area contributed by atoms with Gasteiger partial charge < -0.3 is 5.73 Å². The van der Waals surface area contributed by atoms with Crippen molar-refractivity contribution < 1.29 is 0 Å². The van der Waals surface area contributed by atoms with Gasteiger partial charge in [0.15, 0.2) is 0 Å². The van der Waals surface area contributed by atoms with Gasteiger partial charge in [-0.25, -0.2) is 0 Å². The van der Waals surface area contributed by atoms with E-state index in [0.717, 1.165) is 30.3 Å². The second kappa shape index (κ2) is 5.96. The molecule has 0 radical (unpaired) electrons. The topological polar surface area (TPSA) is 29.3 Å². The summed E-state index contributed by atoms with van der Waals surface area (Å²) in [4.78, 5) is 2.93. The van der Waals surface area contributed by atoms with Crippen molar-refractivity contribution in [2.75, 3.05) is 13.1 Å². The highest BCUT2D eigenvalue weighted by Crippen LogP contribution is 2.46. The van der Waals surface area contributed by atoms with Crippen molar-refractivity contribution in [3.8, 4) is 0 Å². The van der Waals surface area contributed by atoms with Gasteiger partial charge in [-0.2, -0.15) is 0 Å². The Morgan fingerprint density at radius 1 is 1.05 bits per heavy atom. The van der Waals surface area contributed by atoms with E-state index in [1.165, 1.54) is 64.3 Å². The summed E-state index contributed by atoms with van der Waals surface area (Å²) >= 11 is 0. The van der Waals surface area contributed by atoms with Crippen LogP contribution in [0.4, 0.5) is 0 Å². The number of nitrogens with two attached hydrogens (primary N) is 1. The highest BCUT2D eigenvalue weighted by atomic mass is 15.3. The van der Waals surface area contributed by atoms with Crippen LogP contribution in [0.2, 0.25) is 0 Å². The second-order valence-electron chi connectivity index (χ2n) is 8.04. The minimum atomic E-state index is 0.327. The molecule has 3 aliphatic rings. The Hall–Kier alpha value is -0.0800. The van der Waals surface area contributed by atoms with Gasteiger partial charge in [0, 0.05) is 18.1 Å². The molecular formula is C18H34N2. The van der Waals surface area contributed by atoms with Crippen molar-refractivity contribution in [1.82, 2.24) is 4.90 Å². The molecule has 2 heteroatoms. The summed E-state index contributed by atoms with van der Waals surface area (Å²) in [6, 6.07) is 0.858. The monoisotopic (exact) mass is 278 g/mol. The van der Waals surface area contributed by atoms with Gasteiger partial charge in [0.2, 0.25) is 0 Å². The molecule has 1 saturated heterocycles. The van der Waals surface area contributed by atoms with E-state index in [2.05, 4.69) is 18.7 Å². The van der Waals surface area contributed by atoms with Crippen LogP contribution in [0.25, 0.3) is 0 Å². The molecule has 0 aromatic carbocycles. The number of piperidine rings is 1. The average Bonchev–Trinajstić information content (AvgIpc) is 2.48. The molecule has 0 amide bonds. The van der Waals surface area contributed by atoms with E-state index in [1.54, 1.807) is 0 Å². The van der Waals surface area contributed by atoms with Crippen LogP contribution >= 0.6 is 0 Å². The van der Waals surface area contributed by atoms with Gasteiger partial charge >= 0.3 is 0 Å². The maximum absolute atomic E-state index is 6.39. The lowest BCUT2D eigenvalue weighted by molar-refractivity contribution is -0.0742. The van der Waals surface area contributed by atoms with E-state index < -0.39 is 0 Å². The number of hydrogen-bond donors (Lipinski definition) is 1. The van der Waals surface area contributed by atoms with E-state index in [9.17, 15) is 0 Å². The highest BCUT2D eigenvalue weighted by Gasteiger charge is 2.48. The molecule has 0 bridgehead atoms. The first-order valence-corrected chi connectivity index (χ1v) is 9.14. The van der Waals surface area contributed by atoms with Crippen molar-refractivity contribution >= 4 is 0 Å². The van der Waals surface area contributed by atoms with Gasteiger partial charge in [-0.3, -0.25) is 4.90 Å². The number of fused-ring (bicyclic) bond motifs is 1. The molecular weight excluding hydrogens is 244 g/mol. The zero-order chi connectivity index (χ0) is 14.2. The average molecular weight is 278 g/mol. The van der Waals surface area contributed by atoms with E-state index in [-0.39, 0.29) is 0 Å². The predicted octanol–water partition coefficient (Wildman–Crippen LogP) is 3.79. The van der Waals surface area contributed by atoms with Gasteiger partial charge in [0.05, 0.1) is 0 Å². The molecule has 0 aromatic rings. The highest BCUT2D eigenvalue weighted by molar-refractivity contribution is 5.04. The quantitative estimate of drug-likeness (QED) is 0.832. The lowest BCUT2D eigenvalue weighted by atomic mass is 9.66. The summed E-state index contributed by atoms with van der Waals surface area (Å²) < 4.78 is 0. The number of hydrogen-bond acceptors (Lipinski definition) is 2. The zero-order valence-corrected chi connectivity index (χ0v) is 13.6. The molecule has 3 rings (SSSR count). The van der Waals surface area contributed by atoms with Gasteiger partial charge in [0.1, 0.15) is 0 Å². The van der Waals surface area contributed by atoms with Gasteiger partial charge in [-0.15, -0.1) is 0 Å².